The van der Waals surface area contributed by atoms with Crippen LogP contribution in [0, 0.1) is 6.92 Å². The van der Waals surface area contributed by atoms with Gasteiger partial charge in [-0.05, 0) is 32.4 Å². The highest BCUT2D eigenvalue weighted by molar-refractivity contribution is 7.89. The summed E-state index contributed by atoms with van der Waals surface area (Å²) in [6.07, 6.45) is 0.644. The average Bonchev–Trinajstić information content (AvgIpc) is 2.38. The standard InChI is InChI=1S/C14H20ClNO3S/c1-11-4-6-13(7-5-11)20(17,18)16-9-12(15)8-14(2,10-16)19-3/h4-7,12H,8-10H2,1-3H3/t12-,14+/m1/s1. The first kappa shape index (κ1) is 15.8. The minimum Gasteiger partial charge on any atom is -0.377 e. The summed E-state index contributed by atoms with van der Waals surface area (Å²) in [4.78, 5) is 0.298. The Morgan fingerprint density at radius 2 is 1.95 bits per heavy atom. The lowest BCUT2D eigenvalue weighted by Gasteiger charge is -2.40. The molecule has 0 aliphatic carbocycles. The van der Waals surface area contributed by atoms with Gasteiger partial charge in [0, 0.05) is 20.2 Å². The summed E-state index contributed by atoms with van der Waals surface area (Å²) in [5.41, 5.74) is 0.488. The van der Waals surface area contributed by atoms with Crippen LogP contribution in [0.25, 0.3) is 0 Å². The highest BCUT2D eigenvalue weighted by Gasteiger charge is 2.40. The van der Waals surface area contributed by atoms with E-state index in [0.717, 1.165) is 5.56 Å². The van der Waals surface area contributed by atoms with Gasteiger partial charge in [-0.15, -0.1) is 11.6 Å². The molecule has 0 unspecified atom stereocenters. The third kappa shape index (κ3) is 3.17. The van der Waals surface area contributed by atoms with Gasteiger partial charge >= 0.3 is 0 Å². The van der Waals surface area contributed by atoms with E-state index in [1.165, 1.54) is 4.31 Å². The van der Waals surface area contributed by atoms with E-state index < -0.39 is 15.6 Å². The lowest BCUT2D eigenvalue weighted by Crippen LogP contribution is -2.53. The van der Waals surface area contributed by atoms with Crippen LogP contribution in [0.2, 0.25) is 0 Å². The van der Waals surface area contributed by atoms with E-state index in [1.807, 2.05) is 13.8 Å². The number of hydrogen-bond donors (Lipinski definition) is 0. The molecule has 1 fully saturated rings. The Balaban J connectivity index is 2.31. The maximum absolute atomic E-state index is 12.7. The van der Waals surface area contributed by atoms with Crippen molar-refractivity contribution in [3.8, 4) is 0 Å². The zero-order valence-electron chi connectivity index (χ0n) is 12.0. The quantitative estimate of drug-likeness (QED) is 0.804. The second-order valence-electron chi connectivity index (χ2n) is 5.57. The molecule has 2 rings (SSSR count). The summed E-state index contributed by atoms with van der Waals surface area (Å²) >= 11 is 6.21. The van der Waals surface area contributed by atoms with Crippen molar-refractivity contribution in [1.29, 1.82) is 0 Å². The second kappa shape index (κ2) is 5.64. The molecule has 0 N–H and O–H groups in total. The molecule has 1 aliphatic heterocycles. The van der Waals surface area contributed by atoms with Crippen LogP contribution in [0.5, 0.6) is 0 Å². The van der Waals surface area contributed by atoms with E-state index in [-0.39, 0.29) is 5.38 Å². The Morgan fingerprint density at radius 1 is 1.35 bits per heavy atom. The summed E-state index contributed by atoms with van der Waals surface area (Å²) in [5.74, 6) is 0. The number of hydrogen-bond acceptors (Lipinski definition) is 3. The van der Waals surface area contributed by atoms with Gasteiger partial charge in [0.1, 0.15) is 0 Å². The van der Waals surface area contributed by atoms with Crippen molar-refractivity contribution in [1.82, 2.24) is 4.31 Å². The highest BCUT2D eigenvalue weighted by Crippen LogP contribution is 2.30. The molecule has 0 aromatic heterocycles. The van der Waals surface area contributed by atoms with Crippen molar-refractivity contribution in [3.05, 3.63) is 29.8 Å². The van der Waals surface area contributed by atoms with Crippen LogP contribution in [0.4, 0.5) is 0 Å². The molecule has 0 amide bonds. The smallest absolute Gasteiger partial charge is 0.243 e. The van der Waals surface area contributed by atoms with E-state index in [9.17, 15) is 8.42 Å². The van der Waals surface area contributed by atoms with Gasteiger partial charge < -0.3 is 4.74 Å². The number of sulfonamides is 1. The Bertz CT molecular complexity index is 573. The number of benzene rings is 1. The Hall–Kier alpha value is -0.620. The van der Waals surface area contributed by atoms with Crippen LogP contribution < -0.4 is 0 Å². The molecule has 20 heavy (non-hydrogen) atoms. The van der Waals surface area contributed by atoms with E-state index in [4.69, 9.17) is 16.3 Å². The third-order valence-electron chi connectivity index (χ3n) is 3.72. The molecular formula is C14H20ClNO3S. The fraction of sp³-hybridized carbons (Fsp3) is 0.571. The molecule has 1 aliphatic rings. The van der Waals surface area contributed by atoms with Crippen molar-refractivity contribution < 1.29 is 13.2 Å². The van der Waals surface area contributed by atoms with Crippen LogP contribution in [0.15, 0.2) is 29.2 Å². The molecular weight excluding hydrogens is 298 g/mol. The predicted molar refractivity (Wildman–Crippen MR) is 79.6 cm³/mol. The lowest BCUT2D eigenvalue weighted by atomic mass is 9.96. The molecule has 112 valence electrons. The van der Waals surface area contributed by atoms with E-state index in [0.29, 0.717) is 24.4 Å². The molecule has 1 aromatic rings. The van der Waals surface area contributed by atoms with Gasteiger partial charge in [0.15, 0.2) is 0 Å². The van der Waals surface area contributed by atoms with Crippen LogP contribution in [-0.2, 0) is 14.8 Å². The third-order valence-corrected chi connectivity index (χ3v) is 5.84. The van der Waals surface area contributed by atoms with E-state index >= 15 is 0 Å². The zero-order chi connectivity index (χ0) is 15.0. The first-order valence-corrected chi connectivity index (χ1v) is 8.40. The predicted octanol–water partition coefficient (Wildman–Crippen LogP) is 2.40. The van der Waals surface area contributed by atoms with Gasteiger partial charge in [0.05, 0.1) is 15.9 Å². The summed E-state index contributed by atoms with van der Waals surface area (Å²) in [5, 5.41) is -0.242. The second-order valence-corrected chi connectivity index (χ2v) is 8.12. The molecule has 4 nitrogen and oxygen atoms in total. The number of alkyl halides is 1. The molecule has 0 saturated carbocycles. The van der Waals surface area contributed by atoms with Crippen molar-refractivity contribution in [2.24, 2.45) is 0 Å². The molecule has 0 radical (unpaired) electrons. The fourth-order valence-corrected chi connectivity index (χ4v) is 4.62. The van der Waals surface area contributed by atoms with Gasteiger partial charge in [-0.1, -0.05) is 17.7 Å². The van der Waals surface area contributed by atoms with Crippen LogP contribution in [0.3, 0.4) is 0 Å². The first-order valence-electron chi connectivity index (χ1n) is 6.53. The van der Waals surface area contributed by atoms with Crippen molar-refractivity contribution in [2.45, 2.75) is 36.1 Å². The number of aryl methyl sites for hydroxylation is 1. The number of halogens is 1. The lowest BCUT2D eigenvalue weighted by molar-refractivity contribution is -0.0305. The summed E-state index contributed by atoms with van der Waals surface area (Å²) in [6, 6.07) is 6.86. The minimum atomic E-state index is -3.52. The highest BCUT2D eigenvalue weighted by atomic mass is 35.5. The number of nitrogens with zero attached hydrogens (tertiary/aromatic N) is 1. The molecule has 1 saturated heterocycles. The van der Waals surface area contributed by atoms with Crippen LogP contribution >= 0.6 is 11.6 Å². The zero-order valence-corrected chi connectivity index (χ0v) is 13.5. The topological polar surface area (TPSA) is 46.6 Å². The van der Waals surface area contributed by atoms with Crippen molar-refractivity contribution in [2.75, 3.05) is 20.2 Å². The Morgan fingerprint density at radius 3 is 2.50 bits per heavy atom. The number of rotatable bonds is 3. The molecule has 6 heteroatoms. The van der Waals surface area contributed by atoms with Gasteiger partial charge in [-0.3, -0.25) is 0 Å². The van der Waals surface area contributed by atoms with Gasteiger partial charge in [-0.25, -0.2) is 8.42 Å². The maximum Gasteiger partial charge on any atom is 0.243 e. The summed E-state index contributed by atoms with van der Waals surface area (Å²) in [7, 11) is -1.94. The number of piperidine rings is 1. The van der Waals surface area contributed by atoms with Crippen molar-refractivity contribution in [3.63, 3.8) is 0 Å². The Kier molecular flexibility index (Phi) is 4.44. The SMILES string of the molecule is CO[C@@]1(C)C[C@@H](Cl)CN(S(=O)(=O)c2ccc(C)cc2)C1. The van der Waals surface area contributed by atoms with Crippen LogP contribution in [0.1, 0.15) is 18.9 Å². The number of ether oxygens (including phenoxy) is 1. The van der Waals surface area contributed by atoms with Gasteiger partial charge in [0.2, 0.25) is 10.0 Å². The molecule has 1 heterocycles. The average molecular weight is 318 g/mol. The molecule has 2 atom stereocenters. The van der Waals surface area contributed by atoms with Gasteiger partial charge in [0.25, 0.3) is 0 Å². The number of methoxy groups -OCH3 is 1. The molecule has 0 spiro atoms. The Labute approximate surface area is 125 Å². The maximum atomic E-state index is 12.7. The summed E-state index contributed by atoms with van der Waals surface area (Å²) in [6.45, 7) is 4.45. The molecule has 1 aromatic carbocycles. The molecule has 0 bridgehead atoms. The summed E-state index contributed by atoms with van der Waals surface area (Å²) < 4.78 is 32.2. The fourth-order valence-electron chi connectivity index (χ4n) is 2.45. The normalized spacial score (nSPS) is 28.5. The minimum absolute atomic E-state index is 0.242. The van der Waals surface area contributed by atoms with Crippen molar-refractivity contribution >= 4 is 21.6 Å². The van der Waals surface area contributed by atoms with Gasteiger partial charge in [-0.2, -0.15) is 4.31 Å². The van der Waals surface area contributed by atoms with E-state index in [1.54, 1.807) is 31.4 Å². The van der Waals surface area contributed by atoms with Crippen LogP contribution in [-0.4, -0.2) is 43.9 Å². The van der Waals surface area contributed by atoms with E-state index in [2.05, 4.69) is 0 Å². The largest absolute Gasteiger partial charge is 0.377 e. The first-order chi connectivity index (χ1) is 9.27. The monoisotopic (exact) mass is 317 g/mol.